The number of fused-ring (bicyclic) bond motifs is 3. The Balaban J connectivity index is 1.86. The number of aliphatic carboxylic acids is 1. The molecule has 3 rings (SSSR count). The molecule has 22 heavy (non-hydrogen) atoms. The molecule has 0 amide bonds. The molecular formula is C20H34O2. The van der Waals surface area contributed by atoms with Gasteiger partial charge in [-0.25, -0.2) is 0 Å². The van der Waals surface area contributed by atoms with E-state index in [2.05, 4.69) is 20.8 Å². The highest BCUT2D eigenvalue weighted by Crippen LogP contribution is 2.64. The van der Waals surface area contributed by atoms with E-state index in [0.29, 0.717) is 5.92 Å². The molecular weight excluding hydrogens is 272 g/mol. The lowest BCUT2D eigenvalue weighted by Gasteiger charge is -2.60. The van der Waals surface area contributed by atoms with Crippen molar-refractivity contribution >= 4 is 5.97 Å². The quantitative estimate of drug-likeness (QED) is 0.745. The summed E-state index contributed by atoms with van der Waals surface area (Å²) >= 11 is 0. The third-order valence-electron chi connectivity index (χ3n) is 8.10. The van der Waals surface area contributed by atoms with Gasteiger partial charge in [0, 0.05) is 0 Å². The Hall–Kier alpha value is -0.530. The van der Waals surface area contributed by atoms with Gasteiger partial charge in [0.2, 0.25) is 0 Å². The summed E-state index contributed by atoms with van der Waals surface area (Å²) in [6.45, 7) is 9.24. The predicted octanol–water partition coefficient (Wildman–Crippen LogP) is 5.37. The van der Waals surface area contributed by atoms with E-state index < -0.39 is 11.4 Å². The molecule has 0 radical (unpaired) electrons. The number of hydrogen-bond acceptors (Lipinski definition) is 1. The van der Waals surface area contributed by atoms with Gasteiger partial charge in [-0.3, -0.25) is 4.79 Å². The third kappa shape index (κ3) is 2.32. The summed E-state index contributed by atoms with van der Waals surface area (Å²) in [6.07, 6.45) is 9.77. The van der Waals surface area contributed by atoms with Crippen LogP contribution in [0.15, 0.2) is 0 Å². The van der Waals surface area contributed by atoms with Gasteiger partial charge in [-0.05, 0) is 86.9 Å². The van der Waals surface area contributed by atoms with Crippen LogP contribution in [0.1, 0.15) is 79.1 Å². The van der Waals surface area contributed by atoms with E-state index in [4.69, 9.17) is 0 Å². The van der Waals surface area contributed by atoms with E-state index in [-0.39, 0.29) is 5.41 Å². The molecule has 1 N–H and O–H groups in total. The van der Waals surface area contributed by atoms with E-state index in [9.17, 15) is 9.90 Å². The van der Waals surface area contributed by atoms with Crippen LogP contribution in [0.5, 0.6) is 0 Å². The van der Waals surface area contributed by atoms with Crippen molar-refractivity contribution in [1.82, 2.24) is 0 Å². The molecule has 0 bridgehead atoms. The van der Waals surface area contributed by atoms with Gasteiger partial charge in [-0.1, -0.05) is 27.2 Å². The van der Waals surface area contributed by atoms with Crippen molar-refractivity contribution in [2.45, 2.75) is 79.1 Å². The van der Waals surface area contributed by atoms with E-state index >= 15 is 0 Å². The highest BCUT2D eigenvalue weighted by Gasteiger charge is 2.59. The SMILES string of the molecule is CC(C)C1CCC2C(CCC3[C@]2(C)CCC[C@@]3(C)C(=O)O)C1. The largest absolute Gasteiger partial charge is 0.481 e. The van der Waals surface area contributed by atoms with Crippen LogP contribution in [0.4, 0.5) is 0 Å². The summed E-state index contributed by atoms with van der Waals surface area (Å²) in [6, 6.07) is 0. The number of rotatable bonds is 2. The van der Waals surface area contributed by atoms with Gasteiger partial charge in [0.1, 0.15) is 0 Å². The topological polar surface area (TPSA) is 37.3 Å². The van der Waals surface area contributed by atoms with Crippen LogP contribution in [-0.2, 0) is 4.79 Å². The van der Waals surface area contributed by atoms with Crippen molar-refractivity contribution in [2.24, 2.45) is 40.4 Å². The number of carboxylic acid groups (broad SMARTS) is 1. The maximum atomic E-state index is 12.0. The molecule has 0 aromatic rings. The smallest absolute Gasteiger partial charge is 0.309 e. The highest BCUT2D eigenvalue weighted by atomic mass is 16.4. The summed E-state index contributed by atoms with van der Waals surface area (Å²) in [4.78, 5) is 12.0. The van der Waals surface area contributed by atoms with Crippen LogP contribution < -0.4 is 0 Å². The molecule has 0 aromatic carbocycles. The summed E-state index contributed by atoms with van der Waals surface area (Å²) in [5, 5.41) is 9.86. The average Bonchev–Trinajstić information content (AvgIpc) is 2.46. The zero-order valence-electron chi connectivity index (χ0n) is 14.9. The second-order valence-corrected chi connectivity index (χ2v) is 9.40. The summed E-state index contributed by atoms with van der Waals surface area (Å²) in [5.41, 5.74) is -0.205. The maximum Gasteiger partial charge on any atom is 0.309 e. The van der Waals surface area contributed by atoms with Crippen molar-refractivity contribution < 1.29 is 9.90 Å². The molecule has 126 valence electrons. The molecule has 2 heteroatoms. The van der Waals surface area contributed by atoms with Gasteiger partial charge in [-0.15, -0.1) is 0 Å². The molecule has 2 nitrogen and oxygen atoms in total. The lowest BCUT2D eigenvalue weighted by Crippen LogP contribution is -2.56. The monoisotopic (exact) mass is 306 g/mol. The first kappa shape index (κ1) is 16.3. The van der Waals surface area contributed by atoms with Crippen molar-refractivity contribution in [3.63, 3.8) is 0 Å². The predicted molar refractivity (Wildman–Crippen MR) is 89.6 cm³/mol. The first-order valence-corrected chi connectivity index (χ1v) is 9.52. The molecule has 0 heterocycles. The third-order valence-corrected chi connectivity index (χ3v) is 8.10. The van der Waals surface area contributed by atoms with Crippen molar-refractivity contribution in [1.29, 1.82) is 0 Å². The zero-order valence-corrected chi connectivity index (χ0v) is 14.9. The Morgan fingerprint density at radius 1 is 1.09 bits per heavy atom. The van der Waals surface area contributed by atoms with Crippen LogP contribution in [0.2, 0.25) is 0 Å². The highest BCUT2D eigenvalue weighted by molar-refractivity contribution is 5.75. The molecule has 0 aromatic heterocycles. The van der Waals surface area contributed by atoms with E-state index in [1.807, 2.05) is 6.92 Å². The van der Waals surface area contributed by atoms with Crippen molar-refractivity contribution in [3.8, 4) is 0 Å². The molecule has 0 saturated heterocycles. The molecule has 6 atom stereocenters. The molecule has 0 spiro atoms. The number of carbonyl (C=O) groups is 1. The first-order chi connectivity index (χ1) is 10.3. The fraction of sp³-hybridized carbons (Fsp3) is 0.950. The number of carboxylic acids is 1. The second kappa shape index (κ2) is 5.53. The van der Waals surface area contributed by atoms with Crippen LogP contribution in [0.3, 0.4) is 0 Å². The molecule has 0 aliphatic heterocycles. The van der Waals surface area contributed by atoms with Crippen LogP contribution in [0, 0.1) is 40.4 Å². The Bertz CT molecular complexity index is 443. The minimum absolute atomic E-state index is 0.274. The normalized spacial score (nSPS) is 48.6. The van der Waals surface area contributed by atoms with Gasteiger partial charge in [0.05, 0.1) is 5.41 Å². The molecule has 3 saturated carbocycles. The Labute approximate surface area is 136 Å². The number of hydrogen-bond donors (Lipinski definition) is 1. The Kier molecular flexibility index (Phi) is 4.10. The van der Waals surface area contributed by atoms with Gasteiger partial charge >= 0.3 is 5.97 Å². The van der Waals surface area contributed by atoms with Crippen molar-refractivity contribution in [2.75, 3.05) is 0 Å². The minimum atomic E-state index is -0.544. The summed E-state index contributed by atoms with van der Waals surface area (Å²) in [5.74, 6) is 3.19. The second-order valence-electron chi connectivity index (χ2n) is 9.40. The Morgan fingerprint density at radius 3 is 2.45 bits per heavy atom. The molecule has 3 aliphatic carbocycles. The lowest BCUT2D eigenvalue weighted by atomic mass is 9.43. The van der Waals surface area contributed by atoms with Crippen LogP contribution >= 0.6 is 0 Å². The van der Waals surface area contributed by atoms with E-state index in [1.165, 1.54) is 32.1 Å². The summed E-state index contributed by atoms with van der Waals surface area (Å²) < 4.78 is 0. The van der Waals surface area contributed by atoms with Gasteiger partial charge in [-0.2, -0.15) is 0 Å². The minimum Gasteiger partial charge on any atom is -0.481 e. The van der Waals surface area contributed by atoms with Crippen LogP contribution in [0.25, 0.3) is 0 Å². The van der Waals surface area contributed by atoms with Crippen molar-refractivity contribution in [3.05, 3.63) is 0 Å². The standard InChI is InChI=1S/C20H34O2/c1-13(2)14-6-8-16-15(12-14)7-9-17-19(16,3)10-5-11-20(17,4)18(21)22/h13-17H,5-12H2,1-4H3,(H,21,22)/t14?,15?,16?,17?,19-,20-/m1/s1. The molecule has 3 fully saturated rings. The average molecular weight is 306 g/mol. The van der Waals surface area contributed by atoms with Gasteiger partial charge in [0.15, 0.2) is 0 Å². The van der Waals surface area contributed by atoms with Gasteiger partial charge < -0.3 is 5.11 Å². The zero-order chi connectivity index (χ0) is 16.1. The van der Waals surface area contributed by atoms with Gasteiger partial charge in [0.25, 0.3) is 0 Å². The fourth-order valence-corrected chi connectivity index (χ4v) is 6.73. The van der Waals surface area contributed by atoms with Crippen LogP contribution in [-0.4, -0.2) is 11.1 Å². The van der Waals surface area contributed by atoms with E-state index in [0.717, 1.165) is 42.9 Å². The first-order valence-electron chi connectivity index (χ1n) is 9.52. The maximum absolute atomic E-state index is 12.0. The molecule has 4 unspecified atom stereocenters. The lowest BCUT2D eigenvalue weighted by molar-refractivity contribution is -0.173. The van der Waals surface area contributed by atoms with E-state index in [1.54, 1.807) is 0 Å². The molecule has 3 aliphatic rings. The Morgan fingerprint density at radius 2 is 1.82 bits per heavy atom. The fourth-order valence-electron chi connectivity index (χ4n) is 6.73. The summed E-state index contributed by atoms with van der Waals surface area (Å²) in [7, 11) is 0.